The van der Waals surface area contributed by atoms with Gasteiger partial charge in [0.25, 0.3) is 0 Å². The molecule has 0 aliphatic heterocycles. The molecule has 3 aromatic rings. The van der Waals surface area contributed by atoms with E-state index in [1.54, 1.807) is 51.5 Å². The SMILES string of the molecule is CCOC(=O)c1cc(-c2ccccc2)sc1NC(=O)C=Cc1ccc(OC)cc1OC. The van der Waals surface area contributed by atoms with Crippen LogP contribution < -0.4 is 14.8 Å². The molecule has 1 N–H and O–H groups in total. The van der Waals surface area contributed by atoms with Crippen LogP contribution in [0.1, 0.15) is 22.8 Å². The van der Waals surface area contributed by atoms with E-state index in [1.807, 2.05) is 30.3 Å². The predicted octanol–water partition coefficient (Wildman–Crippen LogP) is 5.26. The van der Waals surface area contributed by atoms with Gasteiger partial charge in [-0.1, -0.05) is 30.3 Å². The lowest BCUT2D eigenvalue weighted by Gasteiger charge is -2.07. The lowest BCUT2D eigenvalue weighted by molar-refractivity contribution is -0.111. The highest BCUT2D eigenvalue weighted by atomic mass is 32.1. The zero-order chi connectivity index (χ0) is 22.2. The average molecular weight is 438 g/mol. The Labute approximate surface area is 185 Å². The standard InChI is InChI=1S/C24H23NO5S/c1-4-30-24(27)19-15-21(17-8-6-5-7-9-17)31-23(19)25-22(26)13-11-16-10-12-18(28-2)14-20(16)29-3/h5-15H,4H2,1-3H3,(H,25,26). The van der Waals surface area contributed by atoms with E-state index in [2.05, 4.69) is 5.32 Å². The van der Waals surface area contributed by atoms with Gasteiger partial charge in [-0.05, 0) is 36.8 Å². The largest absolute Gasteiger partial charge is 0.497 e. The number of benzene rings is 2. The molecule has 0 radical (unpaired) electrons. The molecular formula is C24H23NO5S. The molecule has 3 rings (SSSR count). The molecular weight excluding hydrogens is 414 g/mol. The molecule has 0 saturated carbocycles. The molecule has 0 atom stereocenters. The molecule has 0 unspecified atom stereocenters. The minimum atomic E-state index is -0.475. The number of hydrogen-bond acceptors (Lipinski definition) is 6. The number of rotatable bonds is 8. The molecule has 0 fully saturated rings. The van der Waals surface area contributed by atoms with Gasteiger partial charge in [0.2, 0.25) is 5.91 Å². The molecule has 0 saturated heterocycles. The fraction of sp³-hybridized carbons (Fsp3) is 0.167. The van der Waals surface area contributed by atoms with Gasteiger partial charge in [-0.15, -0.1) is 11.3 Å². The quantitative estimate of drug-likeness (QED) is 0.384. The van der Waals surface area contributed by atoms with E-state index in [9.17, 15) is 9.59 Å². The number of amides is 1. The Bertz CT molecular complexity index is 1090. The molecule has 2 aromatic carbocycles. The fourth-order valence-corrected chi connectivity index (χ4v) is 3.92. The van der Waals surface area contributed by atoms with Gasteiger partial charge < -0.3 is 19.5 Å². The van der Waals surface area contributed by atoms with E-state index in [0.717, 1.165) is 16.0 Å². The molecule has 1 aromatic heterocycles. The lowest BCUT2D eigenvalue weighted by Crippen LogP contribution is -2.11. The van der Waals surface area contributed by atoms with E-state index in [1.165, 1.54) is 17.4 Å². The van der Waals surface area contributed by atoms with Crippen molar-refractivity contribution < 1.29 is 23.8 Å². The number of nitrogens with one attached hydrogen (secondary N) is 1. The summed E-state index contributed by atoms with van der Waals surface area (Å²) in [6, 6.07) is 16.7. The number of hydrogen-bond donors (Lipinski definition) is 1. The maximum absolute atomic E-state index is 12.6. The third-order valence-electron chi connectivity index (χ3n) is 4.38. The van der Waals surface area contributed by atoms with Crippen molar-refractivity contribution in [3.8, 4) is 21.9 Å². The molecule has 6 nitrogen and oxygen atoms in total. The first-order valence-electron chi connectivity index (χ1n) is 9.63. The highest BCUT2D eigenvalue weighted by Gasteiger charge is 2.19. The molecule has 1 amide bonds. The maximum Gasteiger partial charge on any atom is 0.341 e. The summed E-state index contributed by atoms with van der Waals surface area (Å²) in [5, 5.41) is 3.24. The molecule has 1 heterocycles. The van der Waals surface area contributed by atoms with Gasteiger partial charge >= 0.3 is 5.97 Å². The highest BCUT2D eigenvalue weighted by molar-refractivity contribution is 7.20. The summed E-state index contributed by atoms with van der Waals surface area (Å²) < 4.78 is 15.7. The molecule has 0 bridgehead atoms. The highest BCUT2D eigenvalue weighted by Crippen LogP contribution is 2.36. The van der Waals surface area contributed by atoms with Crippen LogP contribution in [0.3, 0.4) is 0 Å². The topological polar surface area (TPSA) is 73.9 Å². The molecule has 0 aliphatic rings. The Balaban J connectivity index is 1.84. The second-order valence-electron chi connectivity index (χ2n) is 6.37. The Morgan fingerprint density at radius 2 is 1.81 bits per heavy atom. The molecule has 31 heavy (non-hydrogen) atoms. The van der Waals surface area contributed by atoms with Crippen molar-refractivity contribution in [2.45, 2.75) is 6.92 Å². The van der Waals surface area contributed by atoms with E-state index >= 15 is 0 Å². The van der Waals surface area contributed by atoms with Crippen LogP contribution in [-0.2, 0) is 9.53 Å². The van der Waals surface area contributed by atoms with Crippen LogP contribution in [0.2, 0.25) is 0 Å². The number of carbonyl (C=O) groups is 2. The number of carbonyl (C=O) groups excluding carboxylic acids is 2. The second kappa shape index (κ2) is 10.4. The second-order valence-corrected chi connectivity index (χ2v) is 7.42. The van der Waals surface area contributed by atoms with Crippen molar-refractivity contribution in [3.63, 3.8) is 0 Å². The number of esters is 1. The van der Waals surface area contributed by atoms with Gasteiger partial charge in [-0.2, -0.15) is 0 Å². The minimum absolute atomic E-state index is 0.250. The van der Waals surface area contributed by atoms with Gasteiger partial charge in [0, 0.05) is 22.6 Å². The van der Waals surface area contributed by atoms with E-state index in [0.29, 0.717) is 22.1 Å². The van der Waals surface area contributed by atoms with Crippen molar-refractivity contribution in [2.24, 2.45) is 0 Å². The van der Waals surface area contributed by atoms with Crippen LogP contribution in [0.4, 0.5) is 5.00 Å². The van der Waals surface area contributed by atoms with Gasteiger partial charge in [0.15, 0.2) is 0 Å². The number of ether oxygens (including phenoxy) is 3. The van der Waals surface area contributed by atoms with Crippen LogP contribution in [0.5, 0.6) is 11.5 Å². The Hall–Kier alpha value is -3.58. The van der Waals surface area contributed by atoms with Crippen LogP contribution in [0.15, 0.2) is 60.7 Å². The van der Waals surface area contributed by atoms with Crippen LogP contribution in [0, 0.1) is 0 Å². The summed E-state index contributed by atoms with van der Waals surface area (Å²) in [4.78, 5) is 25.8. The first-order chi connectivity index (χ1) is 15.0. The summed E-state index contributed by atoms with van der Waals surface area (Å²) in [6.45, 7) is 1.99. The van der Waals surface area contributed by atoms with Crippen molar-refractivity contribution in [3.05, 3.63) is 71.8 Å². The first-order valence-corrected chi connectivity index (χ1v) is 10.4. The molecule has 160 valence electrons. The summed E-state index contributed by atoms with van der Waals surface area (Å²) in [5.41, 5.74) is 2.01. The van der Waals surface area contributed by atoms with Gasteiger partial charge in [0.05, 0.1) is 26.4 Å². The fourth-order valence-electron chi connectivity index (χ4n) is 2.86. The normalized spacial score (nSPS) is 10.7. The zero-order valence-corrected chi connectivity index (χ0v) is 18.3. The van der Waals surface area contributed by atoms with Crippen molar-refractivity contribution in [1.29, 1.82) is 0 Å². The smallest absolute Gasteiger partial charge is 0.341 e. The molecule has 0 aliphatic carbocycles. The Morgan fingerprint density at radius 3 is 2.48 bits per heavy atom. The average Bonchev–Trinajstić information content (AvgIpc) is 3.22. The first kappa shape index (κ1) is 22.1. The Morgan fingerprint density at radius 1 is 1.03 bits per heavy atom. The van der Waals surface area contributed by atoms with E-state index in [4.69, 9.17) is 14.2 Å². The number of anilines is 1. The summed E-state index contributed by atoms with van der Waals surface area (Å²) >= 11 is 1.32. The van der Waals surface area contributed by atoms with Crippen molar-refractivity contribution in [1.82, 2.24) is 0 Å². The monoisotopic (exact) mass is 437 g/mol. The molecule has 0 spiro atoms. The summed E-state index contributed by atoms with van der Waals surface area (Å²) in [7, 11) is 3.12. The lowest BCUT2D eigenvalue weighted by atomic mass is 10.1. The summed E-state index contributed by atoms with van der Waals surface area (Å²) in [5.74, 6) is 0.393. The third-order valence-corrected chi connectivity index (χ3v) is 5.48. The number of methoxy groups -OCH3 is 2. The van der Waals surface area contributed by atoms with Gasteiger partial charge in [0.1, 0.15) is 16.5 Å². The minimum Gasteiger partial charge on any atom is -0.497 e. The van der Waals surface area contributed by atoms with Crippen molar-refractivity contribution in [2.75, 3.05) is 26.1 Å². The van der Waals surface area contributed by atoms with Crippen LogP contribution >= 0.6 is 11.3 Å². The van der Waals surface area contributed by atoms with E-state index < -0.39 is 5.97 Å². The van der Waals surface area contributed by atoms with Gasteiger partial charge in [-0.25, -0.2) is 4.79 Å². The van der Waals surface area contributed by atoms with Crippen molar-refractivity contribution >= 4 is 34.3 Å². The van der Waals surface area contributed by atoms with Crippen LogP contribution in [-0.4, -0.2) is 32.7 Å². The van der Waals surface area contributed by atoms with E-state index in [-0.39, 0.29) is 12.5 Å². The Kier molecular flexibility index (Phi) is 7.45. The van der Waals surface area contributed by atoms with Gasteiger partial charge in [-0.3, -0.25) is 4.79 Å². The molecule has 7 heteroatoms. The van der Waals surface area contributed by atoms with Crippen LogP contribution in [0.25, 0.3) is 16.5 Å². The zero-order valence-electron chi connectivity index (χ0n) is 17.5. The third kappa shape index (κ3) is 5.52. The number of thiophene rings is 1. The summed E-state index contributed by atoms with van der Waals surface area (Å²) in [6.07, 6.45) is 3.03. The predicted molar refractivity (Wildman–Crippen MR) is 123 cm³/mol. The maximum atomic E-state index is 12.6.